The van der Waals surface area contributed by atoms with Crippen LogP contribution in [0.15, 0.2) is 53.4 Å². The van der Waals surface area contributed by atoms with Gasteiger partial charge in [-0.25, -0.2) is 17.2 Å². The first-order valence-electron chi connectivity index (χ1n) is 8.79. The van der Waals surface area contributed by atoms with E-state index in [1.54, 1.807) is 18.2 Å². The van der Waals surface area contributed by atoms with Crippen LogP contribution in [0.25, 0.3) is 10.6 Å². The number of nitrogens with zero attached hydrogens (tertiary/aromatic N) is 3. The van der Waals surface area contributed by atoms with E-state index in [1.807, 2.05) is 0 Å². The Morgan fingerprint density at radius 1 is 1.07 bits per heavy atom. The molecule has 1 saturated heterocycles. The molecule has 9 heteroatoms. The van der Waals surface area contributed by atoms with Crippen molar-refractivity contribution >= 4 is 21.4 Å². The first-order valence-corrected chi connectivity index (χ1v) is 11.0. The molecule has 0 aliphatic carbocycles. The molecule has 1 aliphatic heterocycles. The van der Waals surface area contributed by atoms with E-state index in [9.17, 15) is 17.2 Å². The van der Waals surface area contributed by atoms with Crippen molar-refractivity contribution in [2.75, 3.05) is 13.1 Å². The predicted molar refractivity (Wildman–Crippen MR) is 102 cm³/mol. The number of aromatic nitrogens is 2. The second-order valence-corrected chi connectivity index (χ2v) is 9.53. The Morgan fingerprint density at radius 3 is 2.68 bits per heavy atom. The number of piperidine rings is 1. The van der Waals surface area contributed by atoms with E-state index in [1.165, 1.54) is 39.9 Å². The Bertz CT molecular complexity index is 1100. The summed E-state index contributed by atoms with van der Waals surface area (Å²) >= 11 is 1.27. The average Bonchev–Trinajstić information content (AvgIpc) is 3.18. The van der Waals surface area contributed by atoms with E-state index in [0.29, 0.717) is 28.5 Å². The van der Waals surface area contributed by atoms with Crippen LogP contribution in [0, 0.1) is 11.6 Å². The Labute approximate surface area is 165 Å². The summed E-state index contributed by atoms with van der Waals surface area (Å²) in [5.74, 6) is -1.09. The molecule has 2 aromatic carbocycles. The summed E-state index contributed by atoms with van der Waals surface area (Å²) in [6.45, 7) is 0.610. The zero-order valence-electron chi connectivity index (χ0n) is 14.8. The second-order valence-electron chi connectivity index (χ2n) is 6.58. The first-order chi connectivity index (χ1) is 13.4. The molecule has 1 fully saturated rings. The topological polar surface area (TPSA) is 63.2 Å². The molecule has 0 spiro atoms. The van der Waals surface area contributed by atoms with Gasteiger partial charge in [-0.1, -0.05) is 29.5 Å². The minimum Gasteiger partial charge on any atom is -0.207 e. The summed E-state index contributed by atoms with van der Waals surface area (Å²) < 4.78 is 54.5. The smallest absolute Gasteiger partial charge is 0.207 e. The molecule has 1 aliphatic rings. The zero-order chi connectivity index (χ0) is 19.7. The van der Waals surface area contributed by atoms with Gasteiger partial charge in [0.15, 0.2) is 5.01 Å². The molecule has 0 bridgehead atoms. The van der Waals surface area contributed by atoms with E-state index in [2.05, 4.69) is 10.2 Å². The maximum Gasteiger partial charge on any atom is 0.243 e. The number of hydrogen-bond acceptors (Lipinski definition) is 5. The fourth-order valence-electron chi connectivity index (χ4n) is 3.28. The van der Waals surface area contributed by atoms with Gasteiger partial charge in [-0.15, -0.1) is 10.2 Å². The lowest BCUT2D eigenvalue weighted by atomic mass is 10.0. The normalized spacial score (nSPS) is 18.3. The quantitative estimate of drug-likeness (QED) is 0.638. The van der Waals surface area contributed by atoms with Crippen molar-refractivity contribution in [2.45, 2.75) is 23.7 Å². The van der Waals surface area contributed by atoms with E-state index in [0.717, 1.165) is 12.5 Å². The minimum atomic E-state index is -3.79. The van der Waals surface area contributed by atoms with Crippen molar-refractivity contribution in [3.05, 3.63) is 65.2 Å². The number of benzene rings is 2. The Hall–Kier alpha value is -2.23. The van der Waals surface area contributed by atoms with Crippen LogP contribution in [0.3, 0.4) is 0 Å². The molecule has 4 rings (SSSR count). The van der Waals surface area contributed by atoms with E-state index < -0.39 is 15.8 Å². The molecule has 3 aromatic rings. The summed E-state index contributed by atoms with van der Waals surface area (Å²) in [6.07, 6.45) is 1.43. The van der Waals surface area contributed by atoms with Crippen LogP contribution in [-0.4, -0.2) is 36.0 Å². The number of sulfonamides is 1. The molecule has 0 N–H and O–H groups in total. The van der Waals surface area contributed by atoms with Crippen molar-refractivity contribution in [1.29, 1.82) is 0 Å². The molecular weight excluding hydrogens is 404 g/mol. The fourth-order valence-corrected chi connectivity index (χ4v) is 5.83. The zero-order valence-corrected chi connectivity index (χ0v) is 16.4. The predicted octanol–water partition coefficient (Wildman–Crippen LogP) is 4.05. The highest BCUT2D eigenvalue weighted by atomic mass is 32.2. The molecule has 146 valence electrons. The monoisotopic (exact) mass is 421 g/mol. The first kappa shape index (κ1) is 19.1. The van der Waals surface area contributed by atoms with Crippen LogP contribution in [0.1, 0.15) is 23.8 Å². The molecule has 0 radical (unpaired) electrons. The molecule has 1 atom stereocenters. The van der Waals surface area contributed by atoms with Gasteiger partial charge in [-0.2, -0.15) is 4.31 Å². The van der Waals surface area contributed by atoms with Crippen molar-refractivity contribution in [3.63, 3.8) is 0 Å². The van der Waals surface area contributed by atoms with Crippen molar-refractivity contribution in [3.8, 4) is 10.6 Å². The minimum absolute atomic E-state index is 0.0579. The van der Waals surface area contributed by atoms with Crippen molar-refractivity contribution in [2.24, 2.45) is 0 Å². The van der Waals surface area contributed by atoms with Crippen LogP contribution in [0.4, 0.5) is 8.78 Å². The lowest BCUT2D eigenvalue weighted by Gasteiger charge is -2.30. The Kier molecular flexibility index (Phi) is 5.22. The number of rotatable bonds is 4. The van der Waals surface area contributed by atoms with E-state index in [4.69, 9.17) is 0 Å². The van der Waals surface area contributed by atoms with Crippen LogP contribution >= 0.6 is 11.3 Å². The third-order valence-corrected chi connectivity index (χ3v) is 7.69. The van der Waals surface area contributed by atoms with Gasteiger partial charge in [0.2, 0.25) is 10.0 Å². The van der Waals surface area contributed by atoms with Crippen LogP contribution < -0.4 is 0 Å². The maximum absolute atomic E-state index is 14.0. The third kappa shape index (κ3) is 3.69. The molecule has 0 amide bonds. The summed E-state index contributed by atoms with van der Waals surface area (Å²) in [6, 6.07) is 11.4. The lowest BCUT2D eigenvalue weighted by molar-refractivity contribution is 0.314. The van der Waals surface area contributed by atoms with E-state index in [-0.39, 0.29) is 23.2 Å². The Balaban J connectivity index is 1.57. The average molecular weight is 421 g/mol. The molecule has 2 heterocycles. The molecule has 1 unspecified atom stereocenters. The summed E-state index contributed by atoms with van der Waals surface area (Å²) in [4.78, 5) is -0.0579. The van der Waals surface area contributed by atoms with Crippen LogP contribution in [-0.2, 0) is 10.0 Å². The number of halogens is 2. The van der Waals surface area contributed by atoms with Gasteiger partial charge < -0.3 is 0 Å². The number of hydrogen-bond donors (Lipinski definition) is 0. The van der Waals surface area contributed by atoms with E-state index >= 15 is 0 Å². The Morgan fingerprint density at radius 2 is 1.89 bits per heavy atom. The summed E-state index contributed by atoms with van der Waals surface area (Å²) in [7, 11) is -3.79. The highest BCUT2D eigenvalue weighted by Crippen LogP contribution is 2.35. The molecular formula is C19H17F2N3O2S2. The maximum atomic E-state index is 14.0. The van der Waals surface area contributed by atoms with Crippen LogP contribution in [0.2, 0.25) is 0 Å². The SMILES string of the molecule is O=S(=O)(c1cccc(F)c1)N1CCCC(c2nnc(-c3ccccc3F)s2)C1. The van der Waals surface area contributed by atoms with Gasteiger partial charge in [0.05, 0.1) is 4.90 Å². The standard InChI is InChI=1S/C19H17F2N3O2S2/c20-14-6-3-7-15(11-14)28(25,26)24-10-4-5-13(12-24)18-22-23-19(27-18)16-8-1-2-9-17(16)21/h1-3,6-9,11,13H,4-5,10,12H2. The van der Waals surface area contributed by atoms with Gasteiger partial charge in [-0.05, 0) is 43.2 Å². The van der Waals surface area contributed by atoms with Gasteiger partial charge >= 0.3 is 0 Å². The lowest BCUT2D eigenvalue weighted by Crippen LogP contribution is -2.39. The van der Waals surface area contributed by atoms with Gasteiger partial charge in [0.1, 0.15) is 16.6 Å². The second kappa shape index (κ2) is 7.65. The van der Waals surface area contributed by atoms with Crippen molar-refractivity contribution < 1.29 is 17.2 Å². The summed E-state index contributed by atoms with van der Waals surface area (Å²) in [5, 5.41) is 9.42. The molecule has 28 heavy (non-hydrogen) atoms. The van der Waals surface area contributed by atoms with Gasteiger partial charge in [0.25, 0.3) is 0 Å². The van der Waals surface area contributed by atoms with Gasteiger partial charge in [0, 0.05) is 24.6 Å². The van der Waals surface area contributed by atoms with Crippen molar-refractivity contribution in [1.82, 2.24) is 14.5 Å². The summed E-state index contributed by atoms with van der Waals surface area (Å²) in [5.41, 5.74) is 0.381. The largest absolute Gasteiger partial charge is 0.243 e. The molecule has 1 aromatic heterocycles. The highest BCUT2D eigenvalue weighted by Gasteiger charge is 2.32. The third-order valence-electron chi connectivity index (χ3n) is 4.71. The fraction of sp³-hybridized carbons (Fsp3) is 0.263. The van der Waals surface area contributed by atoms with Gasteiger partial charge in [-0.3, -0.25) is 0 Å². The van der Waals surface area contributed by atoms with Crippen LogP contribution in [0.5, 0.6) is 0 Å². The molecule has 0 saturated carbocycles. The molecule has 5 nitrogen and oxygen atoms in total. The highest BCUT2D eigenvalue weighted by molar-refractivity contribution is 7.89.